The van der Waals surface area contributed by atoms with Gasteiger partial charge in [0.2, 0.25) is 11.8 Å². The second kappa shape index (κ2) is 8.14. The number of alkyl halides is 2. The van der Waals surface area contributed by atoms with Crippen molar-refractivity contribution in [2.24, 2.45) is 10.7 Å². The Morgan fingerprint density at radius 1 is 1.45 bits per heavy atom. The van der Waals surface area contributed by atoms with Gasteiger partial charge in [-0.25, -0.2) is 33.0 Å². The van der Waals surface area contributed by atoms with Crippen LogP contribution in [-0.2, 0) is 5.54 Å². The highest BCUT2D eigenvalue weighted by molar-refractivity contribution is 8.22. The molecule has 0 aromatic carbocycles. The van der Waals surface area contributed by atoms with E-state index in [-0.39, 0.29) is 29.1 Å². The third-order valence-corrected chi connectivity index (χ3v) is 7.25. The molecule has 0 spiro atoms. The van der Waals surface area contributed by atoms with E-state index < -0.39 is 34.8 Å². The molecule has 1 aliphatic heterocycles. The smallest absolute Gasteiger partial charge is 0.278 e. The van der Waals surface area contributed by atoms with Crippen molar-refractivity contribution in [3.63, 3.8) is 0 Å². The highest BCUT2D eigenvalue weighted by atomic mass is 32.3. The number of hydrogen-bond donors (Lipinski definition) is 4. The molecule has 3 heterocycles. The van der Waals surface area contributed by atoms with E-state index in [9.17, 15) is 22.7 Å². The Balaban J connectivity index is 1.69. The highest BCUT2D eigenvalue weighted by Gasteiger charge is 2.42. The maximum Gasteiger partial charge on any atom is 0.278 e. The normalized spacial score (nSPS) is 21.9. The van der Waals surface area contributed by atoms with Crippen molar-refractivity contribution in [1.29, 1.82) is 0 Å². The summed E-state index contributed by atoms with van der Waals surface area (Å²) in [6, 6.07) is 0. The van der Waals surface area contributed by atoms with Crippen LogP contribution in [0.2, 0.25) is 0 Å². The van der Waals surface area contributed by atoms with Gasteiger partial charge < -0.3 is 15.8 Å². The zero-order valence-corrected chi connectivity index (χ0v) is 18.4. The van der Waals surface area contributed by atoms with Crippen LogP contribution in [-0.4, -0.2) is 65.6 Å². The largest absolute Gasteiger partial charge is 0.470 e. The van der Waals surface area contributed by atoms with Crippen molar-refractivity contribution in [3.05, 3.63) is 28.5 Å². The van der Waals surface area contributed by atoms with Gasteiger partial charge in [-0.15, -0.1) is 22.1 Å². The minimum Gasteiger partial charge on any atom is -0.470 e. The predicted octanol–water partition coefficient (Wildman–Crippen LogP) is 2.36. The molecule has 15 heteroatoms. The summed E-state index contributed by atoms with van der Waals surface area (Å²) in [6.45, 7) is 1.51. The predicted molar refractivity (Wildman–Crippen MR) is 113 cm³/mol. The van der Waals surface area contributed by atoms with Crippen LogP contribution in [0, 0.1) is 0 Å². The lowest BCUT2D eigenvalue weighted by Crippen LogP contribution is -2.47. The first-order chi connectivity index (χ1) is 14.3. The van der Waals surface area contributed by atoms with Gasteiger partial charge >= 0.3 is 0 Å². The zero-order chi connectivity index (χ0) is 23.0. The second-order valence-electron chi connectivity index (χ2n) is 7.11. The van der Waals surface area contributed by atoms with Crippen LogP contribution in [0.3, 0.4) is 0 Å². The molecule has 0 aliphatic carbocycles. The standard InChI is InChI=1S/C16H21F2N7O4S2/c1-15(8-31(27,28)25(3)14(19)24-15)13-23-10(6-30-13)22-12(26)9-4-21-11(5-20-9)29-7-16(2,17)18/h4-6,27-28H,7-8H2,1-3H3,(H2,19,24)(H,22,26)/t15-/m0/s1. The Morgan fingerprint density at radius 2 is 2.16 bits per heavy atom. The lowest BCUT2D eigenvalue weighted by atomic mass is 10.1. The summed E-state index contributed by atoms with van der Waals surface area (Å²) in [6.07, 6.45) is 2.15. The number of rotatable bonds is 6. The van der Waals surface area contributed by atoms with Gasteiger partial charge in [0.1, 0.15) is 22.1 Å². The second-order valence-corrected chi connectivity index (χ2v) is 10.1. The molecule has 2 aromatic heterocycles. The Morgan fingerprint density at radius 3 is 2.74 bits per heavy atom. The Bertz CT molecular complexity index is 997. The average Bonchev–Trinajstić information content (AvgIpc) is 3.13. The number of guanidine groups is 1. The van der Waals surface area contributed by atoms with Gasteiger partial charge in [0, 0.05) is 19.4 Å². The van der Waals surface area contributed by atoms with E-state index in [1.165, 1.54) is 7.05 Å². The molecule has 2 aromatic rings. The third kappa shape index (κ3) is 5.36. The fraction of sp³-hybridized carbons (Fsp3) is 0.438. The molecule has 11 nitrogen and oxygen atoms in total. The summed E-state index contributed by atoms with van der Waals surface area (Å²) in [5.74, 6) is -3.74. The molecule has 0 fully saturated rings. The van der Waals surface area contributed by atoms with Crippen molar-refractivity contribution in [3.8, 4) is 5.88 Å². The number of nitrogens with zero attached hydrogens (tertiary/aromatic N) is 5. The molecule has 1 atom stereocenters. The van der Waals surface area contributed by atoms with Crippen LogP contribution in [0.15, 0.2) is 22.8 Å². The number of thiazole rings is 1. The molecule has 0 saturated carbocycles. The summed E-state index contributed by atoms with van der Waals surface area (Å²) in [4.78, 5) is 28.6. The fourth-order valence-electron chi connectivity index (χ4n) is 2.56. The maximum absolute atomic E-state index is 12.8. The molecule has 0 saturated heterocycles. The number of amides is 1. The van der Waals surface area contributed by atoms with Gasteiger partial charge in [-0.2, -0.15) is 0 Å². The number of aromatic nitrogens is 3. The first-order valence-corrected chi connectivity index (χ1v) is 11.3. The number of aliphatic imine (C=N–C) groups is 1. The highest BCUT2D eigenvalue weighted by Crippen LogP contribution is 2.51. The molecular formula is C16H21F2N7O4S2. The summed E-state index contributed by atoms with van der Waals surface area (Å²) in [5.41, 5.74) is 4.65. The van der Waals surface area contributed by atoms with E-state index in [0.717, 1.165) is 28.0 Å². The molecule has 0 radical (unpaired) electrons. The lowest BCUT2D eigenvalue weighted by Gasteiger charge is -2.48. The minimum absolute atomic E-state index is 0.0343. The Kier molecular flexibility index (Phi) is 6.05. The maximum atomic E-state index is 12.8. The molecular weight excluding hydrogens is 456 g/mol. The summed E-state index contributed by atoms with van der Waals surface area (Å²) < 4.78 is 52.1. The van der Waals surface area contributed by atoms with Gasteiger partial charge in [-0.3, -0.25) is 13.9 Å². The summed E-state index contributed by atoms with van der Waals surface area (Å²) in [7, 11) is -1.72. The van der Waals surface area contributed by atoms with Crippen molar-refractivity contribution < 1.29 is 27.4 Å². The molecule has 0 unspecified atom stereocenters. The number of halogens is 2. The molecule has 1 amide bonds. The Hall–Kier alpha value is -2.62. The number of carbonyl (C=O) groups excluding carboxylic acids is 1. The summed E-state index contributed by atoms with van der Waals surface area (Å²) >= 11 is 1.16. The third-order valence-electron chi connectivity index (χ3n) is 4.14. The van der Waals surface area contributed by atoms with E-state index in [2.05, 4.69) is 25.3 Å². The van der Waals surface area contributed by atoms with Crippen LogP contribution >= 0.6 is 22.1 Å². The van der Waals surface area contributed by atoms with E-state index in [4.69, 9.17) is 10.5 Å². The topological polar surface area (TPSA) is 159 Å². The van der Waals surface area contributed by atoms with Crippen molar-refractivity contribution in [2.45, 2.75) is 25.3 Å². The van der Waals surface area contributed by atoms with Crippen LogP contribution in [0.1, 0.15) is 29.3 Å². The number of nitrogens with two attached hydrogens (primary N) is 1. The van der Waals surface area contributed by atoms with Crippen molar-refractivity contribution >= 4 is 39.8 Å². The van der Waals surface area contributed by atoms with Crippen molar-refractivity contribution in [1.82, 2.24) is 19.3 Å². The number of anilines is 1. The molecule has 3 rings (SSSR count). The Labute approximate surface area is 181 Å². The number of ether oxygens (including phenoxy) is 1. The van der Waals surface area contributed by atoms with E-state index in [1.807, 2.05) is 0 Å². The van der Waals surface area contributed by atoms with Crippen molar-refractivity contribution in [2.75, 3.05) is 24.7 Å². The van der Waals surface area contributed by atoms with Crippen LogP contribution in [0.25, 0.3) is 0 Å². The lowest BCUT2D eigenvalue weighted by molar-refractivity contribution is -0.0243. The fourth-order valence-corrected chi connectivity index (χ4v) is 4.99. The van der Waals surface area contributed by atoms with E-state index in [1.54, 1.807) is 12.3 Å². The van der Waals surface area contributed by atoms with Crippen LogP contribution < -0.4 is 15.8 Å². The van der Waals surface area contributed by atoms with Gasteiger partial charge in [0.05, 0.1) is 18.1 Å². The van der Waals surface area contributed by atoms with Gasteiger partial charge in [-0.05, 0) is 6.92 Å². The SMILES string of the molecule is CN1C(N)=N[C@](C)(c2nc(NC(=O)c3cnc(OCC(C)(F)F)cn3)cs2)CS1(O)O. The number of carbonyl (C=O) groups is 1. The van der Waals surface area contributed by atoms with E-state index >= 15 is 0 Å². The quantitative estimate of drug-likeness (QED) is 0.490. The first kappa shape index (κ1) is 23.1. The molecule has 0 bridgehead atoms. The van der Waals surface area contributed by atoms with Gasteiger partial charge in [0.25, 0.3) is 11.8 Å². The zero-order valence-electron chi connectivity index (χ0n) is 16.7. The van der Waals surface area contributed by atoms with Crippen LogP contribution in [0.5, 0.6) is 5.88 Å². The number of hydrogen-bond acceptors (Lipinski definition) is 11. The first-order valence-electron chi connectivity index (χ1n) is 8.74. The van der Waals surface area contributed by atoms with Gasteiger partial charge in [0.15, 0.2) is 6.61 Å². The average molecular weight is 478 g/mol. The minimum atomic E-state index is -3.16. The van der Waals surface area contributed by atoms with Gasteiger partial charge in [-0.1, -0.05) is 0 Å². The van der Waals surface area contributed by atoms with E-state index in [0.29, 0.717) is 11.9 Å². The number of nitrogens with one attached hydrogen (secondary N) is 1. The van der Waals surface area contributed by atoms with Crippen LogP contribution in [0.4, 0.5) is 14.6 Å². The summed E-state index contributed by atoms with van der Waals surface area (Å²) in [5, 5.41) is 4.52. The molecule has 170 valence electrons. The molecule has 1 aliphatic rings. The molecule has 31 heavy (non-hydrogen) atoms. The molecule has 5 N–H and O–H groups in total. The monoisotopic (exact) mass is 477 g/mol.